The molecule has 0 aromatic carbocycles. The van der Waals surface area contributed by atoms with Crippen LogP contribution < -0.4 is 5.73 Å². The van der Waals surface area contributed by atoms with Crippen LogP contribution in [0, 0.1) is 0 Å². The highest BCUT2D eigenvalue weighted by atomic mass is 19.3. The quantitative estimate of drug-likeness (QED) is 0.774. The lowest BCUT2D eigenvalue weighted by Gasteiger charge is -2.09. The lowest BCUT2D eigenvalue weighted by Crippen LogP contribution is -2.10. The van der Waals surface area contributed by atoms with Gasteiger partial charge >= 0.3 is 5.97 Å². The smallest absolute Gasteiger partial charge is 0.310 e. The van der Waals surface area contributed by atoms with Crippen LogP contribution in [0.5, 0.6) is 0 Å². The molecule has 15 heavy (non-hydrogen) atoms. The molecule has 0 unspecified atom stereocenters. The minimum absolute atomic E-state index is 0.0272. The molecule has 0 atom stereocenters. The van der Waals surface area contributed by atoms with Gasteiger partial charge < -0.3 is 10.5 Å². The summed E-state index contributed by atoms with van der Waals surface area (Å²) in [7, 11) is 1.18. The number of methoxy groups -OCH3 is 1. The first-order valence-corrected chi connectivity index (χ1v) is 4.14. The molecule has 0 amide bonds. The first-order valence-electron chi connectivity index (χ1n) is 4.14. The summed E-state index contributed by atoms with van der Waals surface area (Å²) < 4.78 is 29.4. The third-order valence-electron chi connectivity index (χ3n) is 1.91. The number of ether oxygens (including phenoxy) is 1. The highest BCUT2D eigenvalue weighted by Gasteiger charge is 2.18. The van der Waals surface area contributed by atoms with Crippen LogP contribution in [0.4, 0.5) is 14.6 Å². The molecule has 82 valence electrons. The zero-order chi connectivity index (χ0) is 11.4. The SMILES string of the molecule is COC(=O)Cc1c(C(F)F)ccnc1N. The van der Waals surface area contributed by atoms with Crippen LogP contribution in [0.2, 0.25) is 0 Å². The Morgan fingerprint density at radius 1 is 1.67 bits per heavy atom. The molecule has 2 N–H and O–H groups in total. The topological polar surface area (TPSA) is 65.2 Å². The second-order valence-electron chi connectivity index (χ2n) is 2.82. The number of alkyl halides is 2. The number of hydrogen-bond donors (Lipinski definition) is 1. The molecule has 0 saturated carbocycles. The van der Waals surface area contributed by atoms with Crippen molar-refractivity contribution in [3.05, 3.63) is 23.4 Å². The molecule has 0 spiro atoms. The van der Waals surface area contributed by atoms with E-state index in [9.17, 15) is 13.6 Å². The Labute approximate surface area is 85.1 Å². The van der Waals surface area contributed by atoms with Crippen LogP contribution in [-0.2, 0) is 16.0 Å². The lowest BCUT2D eigenvalue weighted by molar-refractivity contribution is -0.139. The molecule has 4 nitrogen and oxygen atoms in total. The number of nitrogen functional groups attached to an aromatic ring is 1. The molecule has 6 heteroatoms. The number of esters is 1. The maximum absolute atomic E-state index is 12.5. The number of carbonyl (C=O) groups is 1. The minimum atomic E-state index is -2.69. The van der Waals surface area contributed by atoms with Gasteiger partial charge in [0, 0.05) is 17.3 Å². The molecule has 1 aromatic rings. The first-order chi connectivity index (χ1) is 7.06. The number of carbonyl (C=O) groups excluding carboxylic acids is 1. The summed E-state index contributed by atoms with van der Waals surface area (Å²) in [6.07, 6.45) is -1.80. The van der Waals surface area contributed by atoms with Crippen molar-refractivity contribution in [2.24, 2.45) is 0 Å². The largest absolute Gasteiger partial charge is 0.469 e. The van der Waals surface area contributed by atoms with Gasteiger partial charge in [0.1, 0.15) is 5.82 Å². The van der Waals surface area contributed by atoms with Crippen LogP contribution in [-0.4, -0.2) is 18.1 Å². The van der Waals surface area contributed by atoms with E-state index in [2.05, 4.69) is 9.72 Å². The monoisotopic (exact) mass is 216 g/mol. The fourth-order valence-electron chi connectivity index (χ4n) is 1.14. The van der Waals surface area contributed by atoms with Crippen molar-refractivity contribution in [1.29, 1.82) is 0 Å². The third-order valence-corrected chi connectivity index (χ3v) is 1.91. The fraction of sp³-hybridized carbons (Fsp3) is 0.333. The Bertz CT molecular complexity index is 369. The third kappa shape index (κ3) is 2.61. The number of hydrogen-bond acceptors (Lipinski definition) is 4. The number of nitrogens with two attached hydrogens (primary N) is 1. The van der Waals surface area contributed by atoms with E-state index in [0.717, 1.165) is 6.07 Å². The van der Waals surface area contributed by atoms with Gasteiger partial charge in [0.05, 0.1) is 13.5 Å². The minimum Gasteiger partial charge on any atom is -0.469 e. The molecule has 0 bridgehead atoms. The second kappa shape index (κ2) is 4.68. The normalized spacial score (nSPS) is 10.4. The summed E-state index contributed by atoms with van der Waals surface area (Å²) in [5.74, 6) is -0.699. The van der Waals surface area contributed by atoms with E-state index < -0.39 is 12.4 Å². The van der Waals surface area contributed by atoms with Crippen LogP contribution in [0.1, 0.15) is 17.6 Å². The Morgan fingerprint density at radius 2 is 2.33 bits per heavy atom. The predicted octanol–water partition coefficient (Wildman–Crippen LogP) is 1.32. The number of anilines is 1. The zero-order valence-corrected chi connectivity index (χ0v) is 8.04. The van der Waals surface area contributed by atoms with Gasteiger partial charge in [-0.2, -0.15) is 0 Å². The van der Waals surface area contributed by atoms with Gasteiger partial charge in [-0.25, -0.2) is 13.8 Å². The van der Waals surface area contributed by atoms with E-state index >= 15 is 0 Å². The summed E-state index contributed by atoms with van der Waals surface area (Å²) in [5, 5.41) is 0. The Kier molecular flexibility index (Phi) is 3.54. The van der Waals surface area contributed by atoms with Gasteiger partial charge in [0.2, 0.25) is 0 Å². The summed E-state index contributed by atoms with van der Waals surface area (Å²) in [6, 6.07) is 1.14. The standard InChI is InChI=1S/C9H10F2N2O2/c1-15-7(14)4-6-5(8(10)11)2-3-13-9(6)12/h2-3,8H,4H2,1H3,(H2,12,13). The van der Waals surface area contributed by atoms with Crippen molar-refractivity contribution in [2.75, 3.05) is 12.8 Å². The van der Waals surface area contributed by atoms with Crippen LogP contribution in [0.15, 0.2) is 12.3 Å². The molecule has 0 aliphatic rings. The van der Waals surface area contributed by atoms with Crippen LogP contribution in [0.3, 0.4) is 0 Å². The first kappa shape index (κ1) is 11.4. The molecule has 1 rings (SSSR count). The van der Waals surface area contributed by atoms with Gasteiger partial charge in [0.15, 0.2) is 0 Å². The number of pyridine rings is 1. The van der Waals surface area contributed by atoms with Crippen molar-refractivity contribution >= 4 is 11.8 Å². The highest BCUT2D eigenvalue weighted by Crippen LogP contribution is 2.25. The number of halogens is 2. The molecular weight excluding hydrogens is 206 g/mol. The maximum Gasteiger partial charge on any atom is 0.310 e. The summed E-state index contributed by atoms with van der Waals surface area (Å²) in [5.41, 5.74) is 5.15. The van der Waals surface area contributed by atoms with Gasteiger partial charge in [-0.05, 0) is 6.07 Å². The van der Waals surface area contributed by atoms with E-state index in [0.29, 0.717) is 0 Å². The summed E-state index contributed by atoms with van der Waals surface area (Å²) in [6.45, 7) is 0. The van der Waals surface area contributed by atoms with Gasteiger partial charge in [-0.1, -0.05) is 0 Å². The second-order valence-corrected chi connectivity index (χ2v) is 2.82. The Hall–Kier alpha value is -1.72. The molecule has 0 aliphatic carbocycles. The molecule has 1 heterocycles. The average Bonchev–Trinajstić information content (AvgIpc) is 2.20. The van der Waals surface area contributed by atoms with Crippen molar-refractivity contribution in [2.45, 2.75) is 12.8 Å². The summed E-state index contributed by atoms with van der Waals surface area (Å²) >= 11 is 0. The molecule has 0 aliphatic heterocycles. The molecular formula is C9H10F2N2O2. The lowest BCUT2D eigenvalue weighted by atomic mass is 10.1. The van der Waals surface area contributed by atoms with Crippen molar-refractivity contribution in [3.8, 4) is 0 Å². The van der Waals surface area contributed by atoms with E-state index in [1.165, 1.54) is 13.3 Å². The number of nitrogens with zero attached hydrogens (tertiary/aromatic N) is 1. The van der Waals surface area contributed by atoms with Gasteiger partial charge in [-0.15, -0.1) is 0 Å². The van der Waals surface area contributed by atoms with E-state index in [1.807, 2.05) is 0 Å². The van der Waals surface area contributed by atoms with Gasteiger partial charge in [0.25, 0.3) is 6.43 Å². The van der Waals surface area contributed by atoms with Crippen LogP contribution in [0.25, 0.3) is 0 Å². The fourth-order valence-corrected chi connectivity index (χ4v) is 1.14. The predicted molar refractivity (Wildman–Crippen MR) is 49.3 cm³/mol. The Balaban J connectivity index is 3.07. The van der Waals surface area contributed by atoms with Crippen molar-refractivity contribution in [1.82, 2.24) is 4.98 Å². The van der Waals surface area contributed by atoms with E-state index in [-0.39, 0.29) is 23.4 Å². The highest BCUT2D eigenvalue weighted by molar-refractivity contribution is 5.74. The zero-order valence-electron chi connectivity index (χ0n) is 8.04. The van der Waals surface area contributed by atoms with E-state index in [4.69, 9.17) is 5.73 Å². The molecule has 0 fully saturated rings. The van der Waals surface area contributed by atoms with E-state index in [1.54, 1.807) is 0 Å². The van der Waals surface area contributed by atoms with Gasteiger partial charge in [-0.3, -0.25) is 4.79 Å². The Morgan fingerprint density at radius 3 is 2.87 bits per heavy atom. The summed E-state index contributed by atoms with van der Waals surface area (Å²) in [4.78, 5) is 14.6. The molecule has 0 saturated heterocycles. The molecule has 0 radical (unpaired) electrons. The van der Waals surface area contributed by atoms with Crippen molar-refractivity contribution < 1.29 is 18.3 Å². The average molecular weight is 216 g/mol. The van der Waals surface area contributed by atoms with Crippen molar-refractivity contribution in [3.63, 3.8) is 0 Å². The maximum atomic E-state index is 12.5. The number of rotatable bonds is 3. The number of aromatic nitrogens is 1. The van der Waals surface area contributed by atoms with Crippen LogP contribution >= 0.6 is 0 Å². The molecule has 1 aromatic heterocycles.